The summed E-state index contributed by atoms with van der Waals surface area (Å²) in [5, 5.41) is 19.6. The number of aromatic hydroxyl groups is 2. The Morgan fingerprint density at radius 1 is 1.04 bits per heavy atom. The minimum Gasteiger partial charge on any atom is -0.507 e. The molecule has 3 N–H and O–H groups in total. The van der Waals surface area contributed by atoms with Gasteiger partial charge in [-0.05, 0) is 18.2 Å². The summed E-state index contributed by atoms with van der Waals surface area (Å²) < 4.78 is 45.1. The minimum absolute atomic E-state index is 0.0452. The summed E-state index contributed by atoms with van der Waals surface area (Å²) >= 11 is 0. The predicted octanol–water partition coefficient (Wildman–Crippen LogP) is 2.06. The highest BCUT2D eigenvalue weighted by atomic mass is 32.3. The summed E-state index contributed by atoms with van der Waals surface area (Å²) in [5.74, 6) is -0.948. The van der Waals surface area contributed by atoms with E-state index in [0.29, 0.717) is 5.56 Å². The zero-order valence-electron chi connectivity index (χ0n) is 13.2. The zero-order valence-corrected chi connectivity index (χ0v) is 14.0. The highest BCUT2D eigenvalue weighted by Gasteiger charge is 2.16. The second kappa shape index (κ2) is 6.24. The Balaban J connectivity index is 2.20. The second-order valence-corrected chi connectivity index (χ2v) is 6.21. The van der Waals surface area contributed by atoms with Crippen LogP contribution < -0.4 is 14.3 Å². The molecule has 0 aliphatic carbocycles. The van der Waals surface area contributed by atoms with Gasteiger partial charge in [-0.15, -0.1) is 0 Å². The molecule has 0 saturated heterocycles. The van der Waals surface area contributed by atoms with Crippen molar-refractivity contribution in [2.24, 2.45) is 0 Å². The van der Waals surface area contributed by atoms with Gasteiger partial charge in [0.1, 0.15) is 22.5 Å². The molecule has 0 atom stereocenters. The van der Waals surface area contributed by atoms with E-state index in [9.17, 15) is 23.4 Å². The molecule has 0 unspecified atom stereocenters. The molecule has 0 fully saturated rings. The summed E-state index contributed by atoms with van der Waals surface area (Å²) in [6, 6.07) is 7.28. The fourth-order valence-corrected chi connectivity index (χ4v) is 2.74. The monoisotopic (exact) mass is 380 g/mol. The van der Waals surface area contributed by atoms with Crippen LogP contribution in [-0.4, -0.2) is 30.3 Å². The van der Waals surface area contributed by atoms with Gasteiger partial charge in [0.2, 0.25) is 0 Å². The average molecular weight is 380 g/mol. The number of phenolic OH excluding ortho intramolecular Hbond substituents is 2. The van der Waals surface area contributed by atoms with E-state index in [-0.39, 0.29) is 28.2 Å². The molecule has 3 aromatic rings. The maximum Gasteiger partial charge on any atom is 0.446 e. The van der Waals surface area contributed by atoms with Crippen molar-refractivity contribution in [3.63, 3.8) is 0 Å². The molecule has 0 spiro atoms. The summed E-state index contributed by atoms with van der Waals surface area (Å²) in [7, 11) is -3.45. The molecule has 0 amide bonds. The van der Waals surface area contributed by atoms with Crippen molar-refractivity contribution < 1.29 is 36.5 Å². The van der Waals surface area contributed by atoms with Gasteiger partial charge in [0.05, 0.1) is 7.11 Å². The smallest absolute Gasteiger partial charge is 0.446 e. The molecule has 26 heavy (non-hydrogen) atoms. The molecule has 136 valence electrons. The van der Waals surface area contributed by atoms with Gasteiger partial charge < -0.3 is 23.6 Å². The molecule has 1 heterocycles. The third kappa shape index (κ3) is 3.41. The van der Waals surface area contributed by atoms with Crippen LogP contribution in [0.15, 0.2) is 45.6 Å². The van der Waals surface area contributed by atoms with Crippen LogP contribution in [0.3, 0.4) is 0 Å². The number of methoxy groups -OCH3 is 1. The lowest BCUT2D eigenvalue weighted by Gasteiger charge is -2.08. The van der Waals surface area contributed by atoms with Gasteiger partial charge in [0, 0.05) is 23.8 Å². The van der Waals surface area contributed by atoms with Crippen LogP contribution in [0.5, 0.6) is 23.0 Å². The maximum atomic E-state index is 12.3. The minimum atomic E-state index is -4.83. The lowest BCUT2D eigenvalue weighted by atomic mass is 10.1. The van der Waals surface area contributed by atoms with E-state index in [2.05, 4.69) is 4.18 Å². The van der Waals surface area contributed by atoms with Gasteiger partial charge in [-0.3, -0.25) is 9.35 Å². The first-order chi connectivity index (χ1) is 12.2. The van der Waals surface area contributed by atoms with E-state index in [1.54, 1.807) is 0 Å². The van der Waals surface area contributed by atoms with Gasteiger partial charge in [-0.2, -0.15) is 8.42 Å². The third-order valence-electron chi connectivity index (χ3n) is 3.45. The maximum absolute atomic E-state index is 12.3. The molecule has 0 saturated carbocycles. The molecule has 9 nitrogen and oxygen atoms in total. The lowest BCUT2D eigenvalue weighted by Crippen LogP contribution is -2.07. The van der Waals surface area contributed by atoms with Crippen LogP contribution in [0.4, 0.5) is 0 Å². The van der Waals surface area contributed by atoms with E-state index < -0.39 is 27.3 Å². The molecule has 0 aliphatic rings. The zero-order chi connectivity index (χ0) is 19.1. The molecule has 10 heteroatoms. The fraction of sp³-hybridized carbons (Fsp3) is 0.0625. The van der Waals surface area contributed by atoms with Gasteiger partial charge >= 0.3 is 10.4 Å². The summed E-state index contributed by atoms with van der Waals surface area (Å²) in [5.41, 5.74) is -0.447. The Morgan fingerprint density at radius 2 is 1.77 bits per heavy atom. The van der Waals surface area contributed by atoms with Crippen molar-refractivity contribution in [3.8, 4) is 34.3 Å². The van der Waals surface area contributed by atoms with Crippen LogP contribution in [0.25, 0.3) is 22.3 Å². The molecule has 0 bridgehead atoms. The van der Waals surface area contributed by atoms with Crippen molar-refractivity contribution in [3.05, 3.63) is 46.6 Å². The van der Waals surface area contributed by atoms with Gasteiger partial charge in [-0.25, -0.2) is 0 Å². The molecular formula is C16H12O9S. The van der Waals surface area contributed by atoms with Crippen molar-refractivity contribution >= 4 is 21.4 Å². The summed E-state index contributed by atoms with van der Waals surface area (Å²) in [6.45, 7) is 0. The molecule has 1 aromatic heterocycles. The van der Waals surface area contributed by atoms with Crippen molar-refractivity contribution in [1.29, 1.82) is 0 Å². The first-order valence-electron chi connectivity index (χ1n) is 7.03. The number of rotatable bonds is 4. The van der Waals surface area contributed by atoms with Gasteiger partial charge in [0.15, 0.2) is 22.7 Å². The van der Waals surface area contributed by atoms with E-state index in [1.807, 2.05) is 0 Å². The summed E-state index contributed by atoms with van der Waals surface area (Å²) in [4.78, 5) is 12.3. The van der Waals surface area contributed by atoms with Crippen LogP contribution in [0, 0.1) is 0 Å². The summed E-state index contributed by atoms with van der Waals surface area (Å²) in [6.07, 6.45) is 0. The van der Waals surface area contributed by atoms with Crippen LogP contribution in [0.2, 0.25) is 0 Å². The number of ether oxygens (including phenoxy) is 1. The van der Waals surface area contributed by atoms with Crippen molar-refractivity contribution in [1.82, 2.24) is 0 Å². The second-order valence-electron chi connectivity index (χ2n) is 5.19. The molecule has 3 rings (SSSR count). The average Bonchev–Trinajstić information content (AvgIpc) is 2.52. The van der Waals surface area contributed by atoms with Crippen molar-refractivity contribution in [2.75, 3.05) is 7.11 Å². The van der Waals surface area contributed by atoms with E-state index >= 15 is 0 Å². The van der Waals surface area contributed by atoms with Gasteiger partial charge in [-0.1, -0.05) is 0 Å². The predicted molar refractivity (Wildman–Crippen MR) is 90.0 cm³/mol. The standard InChI is InChI=1S/C16H12O9S/c1-23-13-3-2-8(4-10(13)17)14-7-12(19)16-11(18)5-9(6-15(16)24-14)25-26(20,21)22/h2-7,17-18H,1H3,(H,20,21,22). The lowest BCUT2D eigenvalue weighted by molar-refractivity contribution is 0.373. The van der Waals surface area contributed by atoms with Crippen LogP contribution in [-0.2, 0) is 10.4 Å². The molecule has 2 aromatic carbocycles. The highest BCUT2D eigenvalue weighted by Crippen LogP contribution is 2.34. The Hall–Kier alpha value is -3.24. The Morgan fingerprint density at radius 3 is 2.38 bits per heavy atom. The largest absolute Gasteiger partial charge is 0.507 e. The van der Waals surface area contributed by atoms with Crippen molar-refractivity contribution in [2.45, 2.75) is 0 Å². The van der Waals surface area contributed by atoms with E-state index in [4.69, 9.17) is 13.7 Å². The molecular weight excluding hydrogens is 368 g/mol. The number of fused-ring (bicyclic) bond motifs is 1. The number of hydrogen-bond donors (Lipinski definition) is 3. The topological polar surface area (TPSA) is 144 Å². The SMILES string of the molecule is COc1ccc(-c2cc(=O)c3c(O)cc(OS(=O)(=O)O)cc3o2)cc1O. The highest BCUT2D eigenvalue weighted by molar-refractivity contribution is 7.81. The number of benzene rings is 2. The molecule has 0 aliphatic heterocycles. The Kier molecular flexibility index (Phi) is 4.22. The molecule has 0 radical (unpaired) electrons. The Labute approximate surface area is 146 Å². The third-order valence-corrected chi connectivity index (χ3v) is 3.85. The first-order valence-corrected chi connectivity index (χ1v) is 8.39. The van der Waals surface area contributed by atoms with Crippen LogP contribution in [0.1, 0.15) is 0 Å². The number of phenols is 2. The van der Waals surface area contributed by atoms with E-state index in [1.165, 1.54) is 25.3 Å². The number of hydrogen-bond acceptors (Lipinski definition) is 8. The quantitative estimate of drug-likeness (QED) is 0.579. The van der Waals surface area contributed by atoms with Crippen LogP contribution >= 0.6 is 0 Å². The van der Waals surface area contributed by atoms with Gasteiger partial charge in [0.25, 0.3) is 0 Å². The normalized spacial score (nSPS) is 11.5. The first kappa shape index (κ1) is 17.6. The Bertz CT molecular complexity index is 1160. The van der Waals surface area contributed by atoms with E-state index in [0.717, 1.165) is 18.2 Å². The fourth-order valence-electron chi connectivity index (χ4n) is 2.40.